The van der Waals surface area contributed by atoms with E-state index < -0.39 is 0 Å². The third-order valence-corrected chi connectivity index (χ3v) is 6.84. The van der Waals surface area contributed by atoms with Gasteiger partial charge in [-0.25, -0.2) is 4.39 Å². The fourth-order valence-electron chi connectivity index (χ4n) is 4.85. The van der Waals surface area contributed by atoms with Crippen LogP contribution in [0.4, 0.5) is 4.39 Å². The fraction of sp³-hybridized carbons (Fsp3) is 0.393. The first-order valence-electron chi connectivity index (χ1n) is 11.7. The highest BCUT2D eigenvalue weighted by molar-refractivity contribution is 5.73. The lowest BCUT2D eigenvalue weighted by atomic mass is 9.88. The Hall–Kier alpha value is -3.12. The monoisotopic (exact) mass is 464 g/mol. The van der Waals surface area contributed by atoms with E-state index in [0.29, 0.717) is 13.1 Å². The van der Waals surface area contributed by atoms with Gasteiger partial charge in [0.2, 0.25) is 5.91 Å². The van der Waals surface area contributed by atoms with Crippen LogP contribution in [0.3, 0.4) is 0 Å². The lowest BCUT2D eigenvalue weighted by molar-refractivity contribution is -0.130. The standard InChI is InChI=1S/C28H33FN2O3/c1-19-13-27(34-20(19)2)17-30-15-24(28(18-30)23-7-11-26(33-4)12-8-23)16-31(21(3)32)14-22-5-9-25(29)10-6-22/h5-13,24,28H,14-18H2,1-4H3/t24-,28-/m0/s1. The van der Waals surface area contributed by atoms with Gasteiger partial charge in [-0.15, -0.1) is 0 Å². The molecule has 1 aliphatic heterocycles. The number of carbonyl (C=O) groups excluding carboxylic acids is 1. The summed E-state index contributed by atoms with van der Waals surface area (Å²) < 4.78 is 24.6. The van der Waals surface area contributed by atoms with Gasteiger partial charge in [0, 0.05) is 39.0 Å². The Bertz CT molecular complexity index is 1090. The Kier molecular flexibility index (Phi) is 7.37. The average Bonchev–Trinajstić information content (AvgIpc) is 3.36. The van der Waals surface area contributed by atoms with Crippen LogP contribution in [-0.2, 0) is 17.9 Å². The van der Waals surface area contributed by atoms with Crippen molar-refractivity contribution in [2.24, 2.45) is 5.92 Å². The van der Waals surface area contributed by atoms with Gasteiger partial charge in [-0.2, -0.15) is 0 Å². The Morgan fingerprint density at radius 1 is 1.12 bits per heavy atom. The zero-order valence-electron chi connectivity index (χ0n) is 20.4. The Morgan fingerprint density at radius 2 is 1.82 bits per heavy atom. The maximum atomic E-state index is 13.3. The molecular weight excluding hydrogens is 431 g/mol. The SMILES string of the molecule is COc1ccc([C@@H]2CN(Cc3cc(C)c(C)o3)C[C@H]2CN(Cc2ccc(F)cc2)C(C)=O)cc1. The van der Waals surface area contributed by atoms with Crippen LogP contribution in [0.5, 0.6) is 5.75 Å². The first-order valence-corrected chi connectivity index (χ1v) is 11.7. The van der Waals surface area contributed by atoms with Crippen molar-refractivity contribution in [1.82, 2.24) is 9.80 Å². The zero-order chi connectivity index (χ0) is 24.2. The van der Waals surface area contributed by atoms with E-state index in [9.17, 15) is 9.18 Å². The second kappa shape index (κ2) is 10.4. The Labute approximate surface area is 201 Å². The molecule has 3 aromatic rings. The molecule has 0 saturated carbocycles. The number of hydrogen-bond acceptors (Lipinski definition) is 4. The lowest BCUT2D eigenvalue weighted by Crippen LogP contribution is -2.35. The molecule has 34 heavy (non-hydrogen) atoms. The van der Waals surface area contributed by atoms with Crippen molar-refractivity contribution < 1.29 is 18.3 Å². The molecule has 1 saturated heterocycles. The summed E-state index contributed by atoms with van der Waals surface area (Å²) in [7, 11) is 1.67. The molecule has 6 heteroatoms. The van der Waals surface area contributed by atoms with Crippen LogP contribution in [0.2, 0.25) is 0 Å². The predicted octanol–water partition coefficient (Wildman–Crippen LogP) is 5.31. The smallest absolute Gasteiger partial charge is 0.219 e. The molecule has 2 heterocycles. The van der Waals surface area contributed by atoms with E-state index in [1.165, 1.54) is 23.3 Å². The van der Waals surface area contributed by atoms with E-state index in [-0.39, 0.29) is 23.6 Å². The van der Waals surface area contributed by atoms with Crippen LogP contribution in [0.15, 0.2) is 59.0 Å². The summed E-state index contributed by atoms with van der Waals surface area (Å²) in [4.78, 5) is 16.8. The molecule has 180 valence electrons. The number of amides is 1. The molecule has 5 nitrogen and oxygen atoms in total. The van der Waals surface area contributed by atoms with Crippen molar-refractivity contribution in [3.8, 4) is 5.75 Å². The van der Waals surface area contributed by atoms with Crippen LogP contribution in [-0.4, -0.2) is 42.5 Å². The van der Waals surface area contributed by atoms with E-state index in [2.05, 4.69) is 30.0 Å². The summed E-state index contributed by atoms with van der Waals surface area (Å²) >= 11 is 0. The number of furan rings is 1. The number of carbonyl (C=O) groups is 1. The van der Waals surface area contributed by atoms with Crippen LogP contribution in [0.1, 0.15) is 41.1 Å². The van der Waals surface area contributed by atoms with Gasteiger partial charge in [-0.05, 0) is 66.8 Å². The second-order valence-electron chi connectivity index (χ2n) is 9.31. The minimum absolute atomic E-state index is 0.0218. The molecule has 0 bridgehead atoms. The summed E-state index contributed by atoms with van der Waals surface area (Å²) in [5, 5.41) is 0. The molecule has 0 aliphatic carbocycles. The van der Waals surface area contributed by atoms with Crippen molar-refractivity contribution in [3.05, 3.63) is 88.6 Å². The maximum Gasteiger partial charge on any atom is 0.219 e. The molecule has 1 aromatic heterocycles. The molecule has 1 amide bonds. The van der Waals surface area contributed by atoms with Crippen LogP contribution >= 0.6 is 0 Å². The van der Waals surface area contributed by atoms with Crippen LogP contribution in [0.25, 0.3) is 0 Å². The molecule has 4 rings (SSSR count). The van der Waals surface area contributed by atoms with E-state index in [1.807, 2.05) is 24.0 Å². The van der Waals surface area contributed by atoms with Gasteiger partial charge < -0.3 is 14.1 Å². The first-order chi connectivity index (χ1) is 16.3. The lowest BCUT2D eigenvalue weighted by Gasteiger charge is -2.28. The normalized spacial score (nSPS) is 18.3. The van der Waals surface area contributed by atoms with E-state index in [0.717, 1.165) is 42.5 Å². The summed E-state index contributed by atoms with van der Waals surface area (Å²) in [6.45, 7) is 9.26. The highest BCUT2D eigenvalue weighted by Crippen LogP contribution is 2.35. The van der Waals surface area contributed by atoms with Gasteiger partial charge in [0.1, 0.15) is 23.1 Å². The highest BCUT2D eigenvalue weighted by Gasteiger charge is 2.35. The molecule has 0 spiro atoms. The van der Waals surface area contributed by atoms with E-state index in [1.54, 1.807) is 26.2 Å². The molecule has 2 atom stereocenters. The topological polar surface area (TPSA) is 45.9 Å². The predicted molar refractivity (Wildman–Crippen MR) is 130 cm³/mol. The number of rotatable bonds is 8. The van der Waals surface area contributed by atoms with Crippen LogP contribution < -0.4 is 4.74 Å². The number of methoxy groups -OCH3 is 1. The third-order valence-electron chi connectivity index (χ3n) is 6.84. The number of likely N-dealkylation sites (tertiary alicyclic amines) is 1. The van der Waals surface area contributed by atoms with Crippen molar-refractivity contribution >= 4 is 5.91 Å². The number of benzene rings is 2. The summed E-state index contributed by atoms with van der Waals surface area (Å²) in [6.07, 6.45) is 0. The number of aryl methyl sites for hydroxylation is 2. The minimum Gasteiger partial charge on any atom is -0.497 e. The van der Waals surface area contributed by atoms with E-state index >= 15 is 0 Å². The fourth-order valence-corrected chi connectivity index (χ4v) is 4.85. The van der Waals surface area contributed by atoms with Crippen molar-refractivity contribution in [1.29, 1.82) is 0 Å². The Balaban J connectivity index is 1.54. The number of nitrogens with zero attached hydrogens (tertiary/aromatic N) is 2. The quantitative estimate of drug-likeness (QED) is 0.453. The third kappa shape index (κ3) is 5.68. The Morgan fingerprint density at radius 3 is 2.41 bits per heavy atom. The molecule has 0 radical (unpaired) electrons. The van der Waals surface area contributed by atoms with Crippen LogP contribution in [0, 0.1) is 25.6 Å². The first kappa shape index (κ1) is 24.0. The number of halogens is 1. The molecule has 0 unspecified atom stereocenters. The largest absolute Gasteiger partial charge is 0.497 e. The molecule has 2 aromatic carbocycles. The van der Waals surface area contributed by atoms with Gasteiger partial charge >= 0.3 is 0 Å². The number of hydrogen-bond donors (Lipinski definition) is 0. The summed E-state index contributed by atoms with van der Waals surface area (Å²) in [5.41, 5.74) is 3.33. The van der Waals surface area contributed by atoms with Gasteiger partial charge in [-0.1, -0.05) is 24.3 Å². The van der Waals surface area contributed by atoms with E-state index in [4.69, 9.17) is 9.15 Å². The average molecular weight is 465 g/mol. The van der Waals surface area contributed by atoms with Crippen molar-refractivity contribution in [2.45, 2.75) is 39.8 Å². The minimum atomic E-state index is -0.271. The molecule has 0 N–H and O–H groups in total. The number of ether oxygens (including phenoxy) is 1. The van der Waals surface area contributed by atoms with Gasteiger partial charge in [-0.3, -0.25) is 9.69 Å². The van der Waals surface area contributed by atoms with Crippen molar-refractivity contribution in [2.75, 3.05) is 26.7 Å². The second-order valence-corrected chi connectivity index (χ2v) is 9.31. The van der Waals surface area contributed by atoms with Gasteiger partial charge in [0.05, 0.1) is 13.7 Å². The molecule has 1 fully saturated rings. The summed E-state index contributed by atoms with van der Waals surface area (Å²) in [5.74, 6) is 3.05. The maximum absolute atomic E-state index is 13.3. The zero-order valence-corrected chi connectivity index (χ0v) is 20.4. The van der Waals surface area contributed by atoms with Gasteiger partial charge in [0.25, 0.3) is 0 Å². The summed E-state index contributed by atoms with van der Waals surface area (Å²) in [6, 6.07) is 16.7. The molecular formula is C28H33FN2O3. The van der Waals surface area contributed by atoms with Crippen molar-refractivity contribution in [3.63, 3.8) is 0 Å². The highest BCUT2D eigenvalue weighted by atomic mass is 19.1. The van der Waals surface area contributed by atoms with Gasteiger partial charge in [0.15, 0.2) is 0 Å². The molecule has 1 aliphatic rings.